The summed E-state index contributed by atoms with van der Waals surface area (Å²) in [5.41, 5.74) is 4.29. The van der Waals surface area contributed by atoms with Crippen molar-refractivity contribution in [1.82, 2.24) is 20.8 Å². The van der Waals surface area contributed by atoms with Gasteiger partial charge in [0.25, 0.3) is 0 Å². The van der Waals surface area contributed by atoms with E-state index in [1.54, 1.807) is 14.2 Å². The minimum atomic E-state index is 0.564. The van der Waals surface area contributed by atoms with Crippen molar-refractivity contribution in [2.75, 3.05) is 27.3 Å². The molecule has 3 aromatic rings. The molecule has 0 atom stereocenters. The molecule has 0 saturated carbocycles. The van der Waals surface area contributed by atoms with Gasteiger partial charge in [-0.25, -0.2) is 4.99 Å². The highest BCUT2D eigenvalue weighted by Gasteiger charge is 2.13. The molecule has 2 heterocycles. The highest BCUT2D eigenvalue weighted by atomic mass is 16.5. The highest BCUT2D eigenvalue weighted by molar-refractivity contribution is 5.88. The predicted molar refractivity (Wildman–Crippen MR) is 128 cm³/mol. The smallest absolute Gasteiger partial charge is 0.191 e. The van der Waals surface area contributed by atoms with Gasteiger partial charge in [0.1, 0.15) is 17.3 Å². The molecule has 0 radical (unpaired) electrons. The van der Waals surface area contributed by atoms with Crippen LogP contribution in [0.1, 0.15) is 49.9 Å². The molecule has 0 unspecified atom stereocenters. The van der Waals surface area contributed by atoms with Crippen LogP contribution in [0.15, 0.2) is 27.7 Å². The van der Waals surface area contributed by atoms with Crippen LogP contribution in [-0.2, 0) is 25.8 Å². The van der Waals surface area contributed by atoms with Gasteiger partial charge < -0.3 is 29.6 Å². The van der Waals surface area contributed by atoms with E-state index in [1.165, 1.54) is 5.69 Å². The van der Waals surface area contributed by atoms with Gasteiger partial charge in [0.15, 0.2) is 5.96 Å². The Balaban J connectivity index is 1.59. The van der Waals surface area contributed by atoms with Gasteiger partial charge in [0.05, 0.1) is 32.0 Å². The van der Waals surface area contributed by atoms with Crippen LogP contribution in [0.3, 0.4) is 0 Å². The third kappa shape index (κ3) is 5.55. The fourth-order valence-electron chi connectivity index (χ4n) is 3.76. The molecule has 0 fully saturated rings. The van der Waals surface area contributed by atoms with Crippen LogP contribution in [-0.4, -0.2) is 43.4 Å². The SMILES string of the molecule is CCNC(=NCc1c(CC)noc1CC)NCCCc1cc2c(OC)cc(OC)cc2[nH]1. The number of H-pyrrole nitrogens is 1. The van der Waals surface area contributed by atoms with Gasteiger partial charge in [0.2, 0.25) is 0 Å². The molecule has 32 heavy (non-hydrogen) atoms. The lowest BCUT2D eigenvalue weighted by Gasteiger charge is -2.11. The zero-order valence-electron chi connectivity index (χ0n) is 19.8. The highest BCUT2D eigenvalue weighted by Crippen LogP contribution is 2.31. The molecule has 8 heteroatoms. The molecule has 0 bridgehead atoms. The molecule has 0 spiro atoms. The normalized spacial score (nSPS) is 11.7. The lowest BCUT2D eigenvalue weighted by Crippen LogP contribution is -2.37. The minimum Gasteiger partial charge on any atom is -0.497 e. The molecule has 0 aliphatic carbocycles. The largest absolute Gasteiger partial charge is 0.497 e. The van der Waals surface area contributed by atoms with Crippen molar-refractivity contribution in [3.05, 3.63) is 40.9 Å². The van der Waals surface area contributed by atoms with Gasteiger partial charge in [-0.05, 0) is 32.3 Å². The van der Waals surface area contributed by atoms with Gasteiger partial charge in [-0.1, -0.05) is 19.0 Å². The predicted octanol–water partition coefficient (Wildman–Crippen LogP) is 3.99. The number of hydrogen-bond acceptors (Lipinski definition) is 5. The number of guanidine groups is 1. The molecule has 174 valence electrons. The van der Waals surface area contributed by atoms with Crippen molar-refractivity contribution in [2.24, 2.45) is 4.99 Å². The van der Waals surface area contributed by atoms with Crippen molar-refractivity contribution >= 4 is 16.9 Å². The average Bonchev–Trinajstić information content (AvgIpc) is 3.42. The summed E-state index contributed by atoms with van der Waals surface area (Å²) in [5.74, 6) is 3.32. The Morgan fingerprint density at radius 1 is 1.09 bits per heavy atom. The monoisotopic (exact) mass is 441 g/mol. The van der Waals surface area contributed by atoms with E-state index in [9.17, 15) is 0 Å². The van der Waals surface area contributed by atoms with Gasteiger partial charge in [-0.15, -0.1) is 0 Å². The summed E-state index contributed by atoms with van der Waals surface area (Å²) < 4.78 is 16.3. The number of aromatic nitrogens is 2. The first kappa shape index (κ1) is 23.5. The second kappa shape index (κ2) is 11.5. The van der Waals surface area contributed by atoms with Gasteiger partial charge in [-0.2, -0.15) is 0 Å². The molecule has 3 rings (SSSR count). The molecule has 8 nitrogen and oxygen atoms in total. The summed E-state index contributed by atoms with van der Waals surface area (Å²) in [4.78, 5) is 8.23. The number of rotatable bonds is 11. The first-order valence-corrected chi connectivity index (χ1v) is 11.3. The van der Waals surface area contributed by atoms with Crippen molar-refractivity contribution in [1.29, 1.82) is 0 Å². The molecule has 1 aromatic carbocycles. The van der Waals surface area contributed by atoms with E-state index in [-0.39, 0.29) is 0 Å². The van der Waals surface area contributed by atoms with Crippen LogP contribution in [0, 0.1) is 0 Å². The Hall–Kier alpha value is -3.16. The Bertz CT molecular complexity index is 1020. The number of hydrogen-bond donors (Lipinski definition) is 3. The Kier molecular flexibility index (Phi) is 8.41. The van der Waals surface area contributed by atoms with E-state index in [2.05, 4.69) is 47.6 Å². The minimum absolute atomic E-state index is 0.564. The van der Waals surface area contributed by atoms with Crippen molar-refractivity contribution < 1.29 is 14.0 Å². The van der Waals surface area contributed by atoms with Crippen LogP contribution in [0.2, 0.25) is 0 Å². The fourth-order valence-corrected chi connectivity index (χ4v) is 3.76. The zero-order chi connectivity index (χ0) is 22.9. The number of aryl methyl sites for hydroxylation is 3. The Morgan fingerprint density at radius 3 is 2.62 bits per heavy atom. The summed E-state index contributed by atoms with van der Waals surface area (Å²) >= 11 is 0. The van der Waals surface area contributed by atoms with E-state index in [0.29, 0.717) is 6.54 Å². The van der Waals surface area contributed by atoms with E-state index in [1.807, 2.05) is 12.1 Å². The van der Waals surface area contributed by atoms with Gasteiger partial charge >= 0.3 is 0 Å². The van der Waals surface area contributed by atoms with E-state index in [0.717, 1.165) is 84.2 Å². The van der Waals surface area contributed by atoms with Crippen LogP contribution in [0.5, 0.6) is 11.5 Å². The van der Waals surface area contributed by atoms with Crippen LogP contribution < -0.4 is 20.1 Å². The number of nitrogens with zero attached hydrogens (tertiary/aromatic N) is 2. The first-order chi connectivity index (χ1) is 15.6. The van der Waals surface area contributed by atoms with Gasteiger partial charge in [-0.3, -0.25) is 0 Å². The molecule has 0 aliphatic heterocycles. The number of aromatic amines is 1. The number of aliphatic imine (C=N–C) groups is 1. The standard InChI is InChI=1S/C24H35N5O3/c1-6-20-19(22(7-2)32-29-20)15-27-24(25-8-3)26-11-9-10-16-12-18-21(28-16)13-17(30-4)14-23(18)31-5/h12-14,28H,6-11,15H2,1-5H3,(H2,25,26,27). The molecule has 2 aromatic heterocycles. The Labute approximate surface area is 189 Å². The average molecular weight is 442 g/mol. The van der Waals surface area contributed by atoms with Gasteiger partial charge in [0, 0.05) is 48.3 Å². The van der Waals surface area contributed by atoms with Crippen LogP contribution in [0.25, 0.3) is 10.9 Å². The summed E-state index contributed by atoms with van der Waals surface area (Å²) in [5, 5.41) is 12.0. The van der Waals surface area contributed by atoms with Crippen LogP contribution in [0.4, 0.5) is 0 Å². The Morgan fingerprint density at radius 2 is 1.94 bits per heavy atom. The summed E-state index contributed by atoms with van der Waals surface area (Å²) in [6.07, 6.45) is 3.55. The number of ether oxygens (including phenoxy) is 2. The van der Waals surface area contributed by atoms with Crippen LogP contribution >= 0.6 is 0 Å². The van der Waals surface area contributed by atoms with Crippen molar-refractivity contribution in [2.45, 2.75) is 53.0 Å². The molecule has 0 amide bonds. The lowest BCUT2D eigenvalue weighted by atomic mass is 10.1. The second-order valence-corrected chi connectivity index (χ2v) is 7.55. The number of fused-ring (bicyclic) bond motifs is 1. The van der Waals surface area contributed by atoms with E-state index < -0.39 is 0 Å². The third-order valence-corrected chi connectivity index (χ3v) is 5.45. The first-order valence-electron chi connectivity index (χ1n) is 11.3. The molecule has 0 aliphatic rings. The number of benzene rings is 1. The molecular weight excluding hydrogens is 406 g/mol. The lowest BCUT2D eigenvalue weighted by molar-refractivity contribution is 0.380. The fraction of sp³-hybridized carbons (Fsp3) is 0.500. The number of nitrogens with one attached hydrogen (secondary N) is 3. The topological polar surface area (TPSA) is 96.7 Å². The summed E-state index contributed by atoms with van der Waals surface area (Å²) in [7, 11) is 3.34. The zero-order valence-corrected chi connectivity index (χ0v) is 19.8. The van der Waals surface area contributed by atoms with E-state index in [4.69, 9.17) is 19.0 Å². The molecule has 0 saturated heterocycles. The third-order valence-electron chi connectivity index (χ3n) is 5.45. The maximum absolute atomic E-state index is 5.51. The summed E-state index contributed by atoms with van der Waals surface area (Å²) in [6.45, 7) is 8.41. The maximum atomic E-state index is 5.51. The summed E-state index contributed by atoms with van der Waals surface area (Å²) in [6, 6.07) is 6.05. The molecule has 3 N–H and O–H groups in total. The van der Waals surface area contributed by atoms with Crippen molar-refractivity contribution in [3.8, 4) is 11.5 Å². The number of methoxy groups -OCH3 is 2. The van der Waals surface area contributed by atoms with Crippen molar-refractivity contribution in [3.63, 3.8) is 0 Å². The second-order valence-electron chi connectivity index (χ2n) is 7.55. The van der Waals surface area contributed by atoms with E-state index >= 15 is 0 Å². The quantitative estimate of drug-likeness (QED) is 0.237. The molecular formula is C24H35N5O3. The maximum Gasteiger partial charge on any atom is 0.191 e.